The zero-order valence-electron chi connectivity index (χ0n) is 9.66. The molecular weight excluding hydrogens is 225 g/mol. The number of hydrogen-bond donors (Lipinski definition) is 2. The standard InChI is InChI=1S/C12H18FNOS/c1-9(2)14-8-10-4-3-5-11(13)12(10)16-7-6-15/h3-5,9,14-15H,6-8H2,1-2H3. The van der Waals surface area contributed by atoms with Crippen molar-refractivity contribution in [2.45, 2.75) is 31.3 Å². The van der Waals surface area contributed by atoms with E-state index in [1.165, 1.54) is 17.8 Å². The highest BCUT2D eigenvalue weighted by molar-refractivity contribution is 7.99. The molecule has 1 rings (SSSR count). The summed E-state index contributed by atoms with van der Waals surface area (Å²) in [5, 5.41) is 12.0. The monoisotopic (exact) mass is 243 g/mol. The summed E-state index contributed by atoms with van der Waals surface area (Å²) < 4.78 is 13.6. The molecule has 2 nitrogen and oxygen atoms in total. The highest BCUT2D eigenvalue weighted by atomic mass is 32.2. The zero-order chi connectivity index (χ0) is 12.0. The van der Waals surface area contributed by atoms with Crippen molar-refractivity contribution in [3.8, 4) is 0 Å². The molecule has 16 heavy (non-hydrogen) atoms. The Balaban J connectivity index is 2.76. The number of nitrogens with one attached hydrogen (secondary N) is 1. The van der Waals surface area contributed by atoms with Gasteiger partial charge in [0.25, 0.3) is 0 Å². The Bertz CT molecular complexity index is 331. The van der Waals surface area contributed by atoms with E-state index in [0.717, 1.165) is 5.56 Å². The van der Waals surface area contributed by atoms with Crippen molar-refractivity contribution in [1.29, 1.82) is 0 Å². The minimum Gasteiger partial charge on any atom is -0.396 e. The Kier molecular flexibility index (Phi) is 5.80. The average molecular weight is 243 g/mol. The molecule has 0 aliphatic carbocycles. The van der Waals surface area contributed by atoms with Crippen molar-refractivity contribution >= 4 is 11.8 Å². The molecule has 0 saturated heterocycles. The van der Waals surface area contributed by atoms with E-state index >= 15 is 0 Å². The van der Waals surface area contributed by atoms with Gasteiger partial charge in [0.15, 0.2) is 0 Å². The maximum Gasteiger partial charge on any atom is 0.137 e. The molecule has 1 aromatic rings. The Labute approximate surface area is 100 Å². The lowest BCUT2D eigenvalue weighted by molar-refractivity contribution is 0.322. The molecule has 0 atom stereocenters. The Hall–Kier alpha value is -0.580. The first-order valence-electron chi connectivity index (χ1n) is 5.39. The van der Waals surface area contributed by atoms with Crippen LogP contribution in [0.15, 0.2) is 23.1 Å². The molecule has 4 heteroatoms. The fourth-order valence-electron chi connectivity index (χ4n) is 1.32. The minimum absolute atomic E-state index is 0.0655. The van der Waals surface area contributed by atoms with Gasteiger partial charge in [0, 0.05) is 23.2 Å². The molecule has 0 saturated carbocycles. The van der Waals surface area contributed by atoms with Crippen LogP contribution in [0.25, 0.3) is 0 Å². The number of hydrogen-bond acceptors (Lipinski definition) is 3. The smallest absolute Gasteiger partial charge is 0.137 e. The van der Waals surface area contributed by atoms with Gasteiger partial charge in [-0.15, -0.1) is 11.8 Å². The van der Waals surface area contributed by atoms with Crippen LogP contribution in [0, 0.1) is 5.82 Å². The lowest BCUT2D eigenvalue weighted by Gasteiger charge is -2.12. The second-order valence-electron chi connectivity index (χ2n) is 3.84. The predicted octanol–water partition coefficient (Wildman–Crippen LogP) is 2.41. The Morgan fingerprint density at radius 3 is 2.81 bits per heavy atom. The van der Waals surface area contributed by atoms with Gasteiger partial charge in [0.1, 0.15) is 5.82 Å². The molecule has 0 aliphatic rings. The van der Waals surface area contributed by atoms with Crippen LogP contribution in [0.3, 0.4) is 0 Å². The zero-order valence-corrected chi connectivity index (χ0v) is 10.5. The number of aliphatic hydroxyl groups is 1. The summed E-state index contributed by atoms with van der Waals surface area (Å²) >= 11 is 1.36. The van der Waals surface area contributed by atoms with E-state index in [2.05, 4.69) is 19.2 Å². The van der Waals surface area contributed by atoms with E-state index in [0.29, 0.717) is 23.2 Å². The molecule has 0 aliphatic heterocycles. The Morgan fingerprint density at radius 2 is 2.19 bits per heavy atom. The van der Waals surface area contributed by atoms with Gasteiger partial charge < -0.3 is 10.4 Å². The van der Waals surface area contributed by atoms with Gasteiger partial charge in [-0.1, -0.05) is 26.0 Å². The van der Waals surface area contributed by atoms with Gasteiger partial charge in [-0.05, 0) is 11.6 Å². The third-order valence-corrected chi connectivity index (χ3v) is 3.22. The molecule has 0 spiro atoms. The summed E-state index contributed by atoms with van der Waals surface area (Å²) in [5.74, 6) is 0.316. The molecule has 0 amide bonds. The molecule has 2 N–H and O–H groups in total. The molecule has 1 aromatic carbocycles. The van der Waals surface area contributed by atoms with Gasteiger partial charge in [-0.3, -0.25) is 0 Å². The summed E-state index contributed by atoms with van der Waals surface area (Å²) in [7, 11) is 0. The summed E-state index contributed by atoms with van der Waals surface area (Å²) in [5.41, 5.74) is 0.951. The topological polar surface area (TPSA) is 32.3 Å². The van der Waals surface area contributed by atoms with Gasteiger partial charge in [0.05, 0.1) is 6.61 Å². The normalized spacial score (nSPS) is 11.1. The van der Waals surface area contributed by atoms with Gasteiger partial charge >= 0.3 is 0 Å². The second-order valence-corrected chi connectivity index (χ2v) is 4.94. The van der Waals surface area contributed by atoms with Crippen molar-refractivity contribution in [2.24, 2.45) is 0 Å². The number of rotatable bonds is 6. The second kappa shape index (κ2) is 6.89. The third-order valence-electron chi connectivity index (χ3n) is 2.09. The number of benzene rings is 1. The molecular formula is C12H18FNOS. The quantitative estimate of drug-likeness (QED) is 0.753. The molecule has 0 unspecified atom stereocenters. The number of thioether (sulfide) groups is 1. The van der Waals surface area contributed by atoms with Crippen LogP contribution in [0.1, 0.15) is 19.4 Å². The molecule has 0 fully saturated rings. The number of aliphatic hydroxyl groups excluding tert-OH is 1. The largest absolute Gasteiger partial charge is 0.396 e. The third kappa shape index (κ3) is 4.12. The highest BCUT2D eigenvalue weighted by Crippen LogP contribution is 2.25. The first kappa shape index (κ1) is 13.5. The van der Waals surface area contributed by atoms with Crippen LogP contribution < -0.4 is 5.32 Å². The van der Waals surface area contributed by atoms with Crippen LogP contribution in [0.2, 0.25) is 0 Å². The molecule has 0 bridgehead atoms. The summed E-state index contributed by atoms with van der Waals surface area (Å²) in [6.45, 7) is 4.83. The van der Waals surface area contributed by atoms with Crippen LogP contribution >= 0.6 is 11.8 Å². The van der Waals surface area contributed by atoms with Crippen molar-refractivity contribution in [3.05, 3.63) is 29.6 Å². The minimum atomic E-state index is -0.207. The fourth-order valence-corrected chi connectivity index (χ4v) is 2.14. The molecule has 90 valence electrons. The van der Waals surface area contributed by atoms with Crippen molar-refractivity contribution in [3.63, 3.8) is 0 Å². The fraction of sp³-hybridized carbons (Fsp3) is 0.500. The summed E-state index contributed by atoms with van der Waals surface area (Å²) in [6, 6.07) is 5.46. The first-order valence-corrected chi connectivity index (χ1v) is 6.38. The van der Waals surface area contributed by atoms with E-state index < -0.39 is 0 Å². The van der Waals surface area contributed by atoms with Crippen molar-refractivity contribution < 1.29 is 9.50 Å². The first-order chi connectivity index (χ1) is 7.65. The lowest BCUT2D eigenvalue weighted by atomic mass is 10.2. The number of halogens is 1. The van der Waals surface area contributed by atoms with E-state index in [9.17, 15) is 4.39 Å². The maximum atomic E-state index is 13.6. The van der Waals surface area contributed by atoms with E-state index in [4.69, 9.17) is 5.11 Å². The van der Waals surface area contributed by atoms with Crippen LogP contribution in [0.4, 0.5) is 4.39 Å². The van der Waals surface area contributed by atoms with Crippen LogP contribution in [-0.4, -0.2) is 23.5 Å². The van der Waals surface area contributed by atoms with Gasteiger partial charge in [-0.2, -0.15) is 0 Å². The van der Waals surface area contributed by atoms with Gasteiger partial charge in [-0.25, -0.2) is 4.39 Å². The molecule has 0 aromatic heterocycles. The van der Waals surface area contributed by atoms with Crippen LogP contribution in [0.5, 0.6) is 0 Å². The van der Waals surface area contributed by atoms with Gasteiger partial charge in [0.2, 0.25) is 0 Å². The average Bonchev–Trinajstić information content (AvgIpc) is 2.25. The van der Waals surface area contributed by atoms with Crippen molar-refractivity contribution in [1.82, 2.24) is 5.32 Å². The maximum absolute atomic E-state index is 13.6. The molecule has 0 radical (unpaired) electrons. The summed E-state index contributed by atoms with van der Waals surface area (Å²) in [6.07, 6.45) is 0. The SMILES string of the molecule is CC(C)NCc1cccc(F)c1SCCO. The lowest BCUT2D eigenvalue weighted by Crippen LogP contribution is -2.22. The Morgan fingerprint density at radius 1 is 1.44 bits per heavy atom. The summed E-state index contributed by atoms with van der Waals surface area (Å²) in [4.78, 5) is 0.643. The van der Waals surface area contributed by atoms with Crippen LogP contribution in [-0.2, 0) is 6.54 Å². The van der Waals surface area contributed by atoms with Crippen molar-refractivity contribution in [2.75, 3.05) is 12.4 Å². The van der Waals surface area contributed by atoms with E-state index in [-0.39, 0.29) is 12.4 Å². The molecule has 0 heterocycles. The predicted molar refractivity (Wildman–Crippen MR) is 66.2 cm³/mol. The van der Waals surface area contributed by atoms with E-state index in [1.807, 2.05) is 6.07 Å². The van der Waals surface area contributed by atoms with E-state index in [1.54, 1.807) is 6.07 Å². The highest BCUT2D eigenvalue weighted by Gasteiger charge is 2.08.